The van der Waals surface area contributed by atoms with Crippen LogP contribution in [0, 0.1) is 5.82 Å². The number of halogens is 1. The van der Waals surface area contributed by atoms with Gasteiger partial charge in [-0.2, -0.15) is 5.10 Å². The van der Waals surface area contributed by atoms with E-state index in [1.54, 1.807) is 25.1 Å². The van der Waals surface area contributed by atoms with Gasteiger partial charge in [0.05, 0.1) is 28.4 Å². The van der Waals surface area contributed by atoms with Crippen molar-refractivity contribution in [1.29, 1.82) is 0 Å². The smallest absolute Gasteiger partial charge is 0.338 e. The van der Waals surface area contributed by atoms with E-state index >= 15 is 0 Å². The first-order chi connectivity index (χ1) is 12.9. The van der Waals surface area contributed by atoms with Gasteiger partial charge in [-0.3, -0.25) is 4.72 Å². The molecule has 2 aromatic carbocycles. The number of hydrogen-bond donors (Lipinski definition) is 1. The number of rotatable bonds is 6. The van der Waals surface area contributed by atoms with E-state index in [9.17, 15) is 17.6 Å². The summed E-state index contributed by atoms with van der Waals surface area (Å²) in [7, 11) is -4.18. The minimum absolute atomic E-state index is 0.0843. The lowest BCUT2D eigenvalue weighted by Gasteiger charge is -2.13. The average Bonchev–Trinajstić information content (AvgIpc) is 3.16. The number of benzene rings is 2. The van der Waals surface area contributed by atoms with Gasteiger partial charge in [0.2, 0.25) is 0 Å². The van der Waals surface area contributed by atoms with Crippen molar-refractivity contribution >= 4 is 21.7 Å². The van der Waals surface area contributed by atoms with Gasteiger partial charge in [0.25, 0.3) is 10.0 Å². The Morgan fingerprint density at radius 3 is 2.74 bits per heavy atom. The molecule has 10 heteroatoms. The highest BCUT2D eigenvalue weighted by atomic mass is 32.2. The summed E-state index contributed by atoms with van der Waals surface area (Å²) in [6.07, 6.45) is 2.72. The Kier molecular flexibility index (Phi) is 5.17. The second-order valence-corrected chi connectivity index (χ2v) is 7.04. The molecule has 0 spiro atoms. The molecule has 0 atom stereocenters. The van der Waals surface area contributed by atoms with Crippen LogP contribution in [0.15, 0.2) is 60.0 Å². The van der Waals surface area contributed by atoms with Crippen molar-refractivity contribution in [1.82, 2.24) is 14.8 Å². The fourth-order valence-electron chi connectivity index (χ4n) is 2.35. The molecule has 0 fully saturated rings. The van der Waals surface area contributed by atoms with Crippen molar-refractivity contribution in [3.63, 3.8) is 0 Å². The van der Waals surface area contributed by atoms with Crippen molar-refractivity contribution in [3.05, 3.63) is 66.5 Å². The van der Waals surface area contributed by atoms with Crippen LogP contribution in [0.3, 0.4) is 0 Å². The molecule has 3 aromatic rings. The van der Waals surface area contributed by atoms with Crippen LogP contribution in [0.5, 0.6) is 0 Å². The van der Waals surface area contributed by atoms with Gasteiger partial charge in [-0.25, -0.2) is 27.3 Å². The number of carbonyl (C=O) groups is 1. The number of ether oxygens (including phenoxy) is 1. The lowest BCUT2D eigenvalue weighted by Crippen LogP contribution is -2.16. The number of hydrogen-bond acceptors (Lipinski definition) is 6. The lowest BCUT2D eigenvalue weighted by atomic mass is 10.2. The molecule has 3 rings (SSSR count). The summed E-state index contributed by atoms with van der Waals surface area (Å²) in [5.41, 5.74) is 0.451. The normalized spacial score (nSPS) is 11.2. The number of nitrogens with one attached hydrogen (secondary N) is 1. The minimum atomic E-state index is -4.18. The number of aromatic nitrogens is 3. The third kappa shape index (κ3) is 4.11. The summed E-state index contributed by atoms with van der Waals surface area (Å²) in [5.74, 6) is -1.68. The van der Waals surface area contributed by atoms with Gasteiger partial charge < -0.3 is 4.74 Å². The predicted octanol–water partition coefficient (Wildman–Crippen LogP) is 2.38. The molecule has 140 valence electrons. The van der Waals surface area contributed by atoms with Crippen molar-refractivity contribution < 1.29 is 22.3 Å². The Morgan fingerprint density at radius 1 is 1.26 bits per heavy atom. The van der Waals surface area contributed by atoms with Crippen molar-refractivity contribution in [2.24, 2.45) is 0 Å². The maximum Gasteiger partial charge on any atom is 0.338 e. The van der Waals surface area contributed by atoms with Gasteiger partial charge in [-0.1, -0.05) is 12.1 Å². The van der Waals surface area contributed by atoms with Crippen LogP contribution in [0.25, 0.3) is 5.69 Å². The second kappa shape index (κ2) is 7.54. The molecule has 8 nitrogen and oxygen atoms in total. The molecule has 0 aliphatic rings. The SMILES string of the molecule is CCOC(=O)c1cc(F)cc(S(=O)(=O)Nc2ccccc2-n2cncn2)c1. The van der Waals surface area contributed by atoms with E-state index < -0.39 is 26.7 Å². The first kappa shape index (κ1) is 18.5. The zero-order chi connectivity index (χ0) is 19.4. The number of para-hydroxylation sites is 2. The molecule has 0 radical (unpaired) electrons. The monoisotopic (exact) mass is 390 g/mol. The Bertz CT molecular complexity index is 1070. The Labute approximate surface area is 154 Å². The molecule has 0 saturated carbocycles. The van der Waals surface area contributed by atoms with Gasteiger partial charge >= 0.3 is 5.97 Å². The summed E-state index contributed by atoms with van der Waals surface area (Å²) < 4.78 is 47.9. The summed E-state index contributed by atoms with van der Waals surface area (Å²) in [4.78, 5) is 15.2. The minimum Gasteiger partial charge on any atom is -0.462 e. The summed E-state index contributed by atoms with van der Waals surface area (Å²) in [6.45, 7) is 1.68. The maximum atomic E-state index is 13.9. The predicted molar refractivity (Wildman–Crippen MR) is 94.5 cm³/mol. The van der Waals surface area contributed by atoms with Gasteiger partial charge in [0.1, 0.15) is 18.5 Å². The molecule has 0 unspecified atom stereocenters. The van der Waals surface area contributed by atoms with Crippen molar-refractivity contribution in [2.45, 2.75) is 11.8 Å². The Balaban J connectivity index is 1.98. The molecule has 0 aliphatic carbocycles. The molecule has 1 heterocycles. The highest BCUT2D eigenvalue weighted by Crippen LogP contribution is 2.24. The fourth-order valence-corrected chi connectivity index (χ4v) is 3.48. The van der Waals surface area contributed by atoms with Crippen LogP contribution in [0.2, 0.25) is 0 Å². The molecule has 0 bridgehead atoms. The van der Waals surface area contributed by atoms with Crippen LogP contribution in [-0.2, 0) is 14.8 Å². The summed E-state index contributed by atoms with van der Waals surface area (Å²) >= 11 is 0. The highest BCUT2D eigenvalue weighted by Gasteiger charge is 2.20. The summed E-state index contributed by atoms with van der Waals surface area (Å²) in [5, 5.41) is 3.97. The van der Waals surface area contributed by atoms with E-state index in [4.69, 9.17) is 4.74 Å². The largest absolute Gasteiger partial charge is 0.462 e. The quantitative estimate of drug-likeness (QED) is 0.648. The first-order valence-corrected chi connectivity index (χ1v) is 9.33. The zero-order valence-corrected chi connectivity index (χ0v) is 15.0. The van der Waals surface area contributed by atoms with E-state index in [0.717, 1.165) is 18.2 Å². The van der Waals surface area contributed by atoms with Gasteiger partial charge in [0.15, 0.2) is 0 Å². The van der Waals surface area contributed by atoms with Crippen molar-refractivity contribution in [2.75, 3.05) is 11.3 Å². The lowest BCUT2D eigenvalue weighted by molar-refractivity contribution is 0.0525. The van der Waals surface area contributed by atoms with Gasteiger partial charge in [-0.05, 0) is 37.3 Å². The topological polar surface area (TPSA) is 103 Å². The van der Waals surface area contributed by atoms with E-state index in [0.29, 0.717) is 5.69 Å². The first-order valence-electron chi connectivity index (χ1n) is 7.85. The average molecular weight is 390 g/mol. The zero-order valence-electron chi connectivity index (χ0n) is 14.2. The maximum absolute atomic E-state index is 13.9. The van der Waals surface area contributed by atoms with E-state index in [1.165, 1.54) is 23.4 Å². The third-order valence-corrected chi connectivity index (χ3v) is 4.85. The number of anilines is 1. The second-order valence-electron chi connectivity index (χ2n) is 5.36. The fraction of sp³-hybridized carbons (Fsp3) is 0.118. The number of esters is 1. The van der Waals surface area contributed by atoms with Gasteiger partial charge in [-0.15, -0.1) is 0 Å². The summed E-state index contributed by atoms with van der Waals surface area (Å²) in [6, 6.07) is 9.30. The Morgan fingerprint density at radius 2 is 2.04 bits per heavy atom. The third-order valence-electron chi connectivity index (χ3n) is 3.51. The highest BCUT2D eigenvalue weighted by molar-refractivity contribution is 7.92. The van der Waals surface area contributed by atoms with Crippen LogP contribution in [0.4, 0.5) is 10.1 Å². The van der Waals surface area contributed by atoms with Gasteiger partial charge in [0, 0.05) is 0 Å². The molecule has 0 amide bonds. The van der Waals surface area contributed by atoms with E-state index in [1.807, 2.05) is 0 Å². The molecular formula is C17H15FN4O4S. The van der Waals surface area contributed by atoms with Crippen LogP contribution in [0.1, 0.15) is 17.3 Å². The molecule has 0 aliphatic heterocycles. The van der Waals surface area contributed by atoms with E-state index in [-0.39, 0.29) is 17.9 Å². The molecule has 1 aromatic heterocycles. The van der Waals surface area contributed by atoms with Crippen molar-refractivity contribution in [3.8, 4) is 5.69 Å². The molecular weight excluding hydrogens is 375 g/mol. The molecule has 0 saturated heterocycles. The standard InChI is InChI=1S/C17H15FN4O4S/c1-2-26-17(23)12-7-13(18)9-14(8-12)27(24,25)21-15-5-3-4-6-16(15)22-11-19-10-20-22/h3-11,21H,2H2,1H3. The number of sulfonamides is 1. The van der Waals surface area contributed by atoms with E-state index in [2.05, 4.69) is 14.8 Å². The molecule has 1 N–H and O–H groups in total. The van der Waals surface area contributed by atoms with Crippen LogP contribution in [-0.4, -0.2) is 35.8 Å². The number of nitrogens with zero attached hydrogens (tertiary/aromatic N) is 3. The number of carbonyl (C=O) groups excluding carboxylic acids is 1. The van der Waals surface area contributed by atoms with Crippen LogP contribution >= 0.6 is 0 Å². The Hall–Kier alpha value is -3.27. The molecule has 27 heavy (non-hydrogen) atoms. The van der Waals surface area contributed by atoms with Crippen LogP contribution < -0.4 is 4.72 Å².